The van der Waals surface area contributed by atoms with Crippen LogP contribution in [0.5, 0.6) is 0 Å². The number of aromatic nitrogens is 2. The Morgan fingerprint density at radius 3 is 2.64 bits per heavy atom. The topological polar surface area (TPSA) is 66.9 Å². The van der Waals surface area contributed by atoms with E-state index in [1.165, 1.54) is 17.7 Å². The van der Waals surface area contributed by atoms with E-state index in [1.54, 1.807) is 6.20 Å². The lowest BCUT2D eigenvalue weighted by atomic mass is 9.92. The minimum absolute atomic E-state index is 0.0874. The molecule has 0 spiro atoms. The summed E-state index contributed by atoms with van der Waals surface area (Å²) in [5, 5.41) is 6.52. The van der Waals surface area contributed by atoms with Gasteiger partial charge in [0.25, 0.3) is 5.91 Å². The third kappa shape index (κ3) is 4.43. The third-order valence-electron chi connectivity index (χ3n) is 5.12. The van der Waals surface area contributed by atoms with E-state index < -0.39 is 0 Å². The van der Waals surface area contributed by atoms with Gasteiger partial charge in [-0.2, -0.15) is 0 Å². The predicted octanol–water partition coefficient (Wildman–Crippen LogP) is 3.57. The highest BCUT2D eigenvalue weighted by Gasteiger charge is 2.20. The molecule has 0 bridgehead atoms. The number of aryl methyl sites for hydroxylation is 1. The summed E-state index contributed by atoms with van der Waals surface area (Å²) in [5.41, 5.74) is 5.19. The molecule has 1 aliphatic rings. The zero-order valence-corrected chi connectivity index (χ0v) is 15.8. The van der Waals surface area contributed by atoms with E-state index >= 15 is 0 Å². The molecule has 1 aromatic carbocycles. The predicted molar refractivity (Wildman–Crippen MR) is 109 cm³/mol. The maximum atomic E-state index is 12.3. The first kappa shape index (κ1) is 18.3. The zero-order valence-electron chi connectivity index (χ0n) is 15.8. The molecule has 4 rings (SSSR count). The van der Waals surface area contributed by atoms with Crippen molar-refractivity contribution in [1.29, 1.82) is 0 Å². The van der Waals surface area contributed by atoms with E-state index in [1.807, 2.05) is 54.7 Å². The summed E-state index contributed by atoms with van der Waals surface area (Å²) in [6.07, 6.45) is 7.01. The van der Waals surface area contributed by atoms with Gasteiger partial charge in [-0.15, -0.1) is 0 Å². The van der Waals surface area contributed by atoms with Crippen LogP contribution in [-0.2, 0) is 19.5 Å². The average molecular weight is 372 g/mol. The van der Waals surface area contributed by atoms with Crippen LogP contribution in [0.1, 0.15) is 51.8 Å². The van der Waals surface area contributed by atoms with Crippen molar-refractivity contribution in [3.05, 3.63) is 95.1 Å². The summed E-state index contributed by atoms with van der Waals surface area (Å²) in [6, 6.07) is 17.9. The molecule has 1 atom stereocenters. The Kier molecular flexibility index (Phi) is 5.73. The van der Waals surface area contributed by atoms with Crippen LogP contribution in [0, 0.1) is 0 Å². The number of hydrogen-bond acceptors (Lipinski definition) is 4. The van der Waals surface area contributed by atoms with Crippen LogP contribution in [0.25, 0.3) is 0 Å². The van der Waals surface area contributed by atoms with Gasteiger partial charge in [0.05, 0.1) is 24.0 Å². The van der Waals surface area contributed by atoms with Crippen LogP contribution >= 0.6 is 0 Å². The second-order valence-corrected chi connectivity index (χ2v) is 7.07. The molecule has 3 aromatic rings. The molecule has 5 heteroatoms. The maximum absolute atomic E-state index is 12.3. The van der Waals surface area contributed by atoms with E-state index in [4.69, 9.17) is 0 Å². The molecule has 1 amide bonds. The molecule has 0 fully saturated rings. The van der Waals surface area contributed by atoms with Crippen LogP contribution in [0.2, 0.25) is 0 Å². The molecule has 0 radical (unpaired) electrons. The number of amides is 1. The number of pyridine rings is 2. The van der Waals surface area contributed by atoms with Gasteiger partial charge in [-0.1, -0.05) is 24.3 Å². The van der Waals surface area contributed by atoms with Crippen molar-refractivity contribution in [2.75, 3.05) is 0 Å². The lowest BCUT2D eigenvalue weighted by molar-refractivity contribution is 0.0950. The van der Waals surface area contributed by atoms with Gasteiger partial charge in [-0.25, -0.2) is 0 Å². The van der Waals surface area contributed by atoms with Gasteiger partial charge in [-0.3, -0.25) is 14.8 Å². The monoisotopic (exact) mass is 372 g/mol. The molecule has 0 saturated heterocycles. The summed E-state index contributed by atoms with van der Waals surface area (Å²) in [4.78, 5) is 21.1. The number of nitrogens with zero attached hydrogens (tertiary/aromatic N) is 2. The summed E-state index contributed by atoms with van der Waals surface area (Å²) in [5.74, 6) is -0.0874. The van der Waals surface area contributed by atoms with Crippen molar-refractivity contribution < 1.29 is 4.79 Å². The number of benzene rings is 1. The average Bonchev–Trinajstić information content (AvgIpc) is 2.77. The molecule has 0 saturated carbocycles. The normalized spacial score (nSPS) is 15.6. The van der Waals surface area contributed by atoms with Crippen LogP contribution in [0.15, 0.2) is 67.0 Å². The Bertz CT molecular complexity index is 925. The minimum atomic E-state index is -0.0874. The number of nitrogens with one attached hydrogen (secondary N) is 2. The molecule has 1 aliphatic carbocycles. The Labute approximate surface area is 165 Å². The van der Waals surface area contributed by atoms with Crippen LogP contribution in [0.3, 0.4) is 0 Å². The molecular weight excluding hydrogens is 348 g/mol. The lowest BCUT2D eigenvalue weighted by Gasteiger charge is -2.25. The molecule has 1 unspecified atom stereocenters. The molecule has 2 heterocycles. The smallest absolute Gasteiger partial charge is 0.251 e. The first-order valence-corrected chi connectivity index (χ1v) is 9.74. The van der Waals surface area contributed by atoms with Gasteiger partial charge in [0.15, 0.2) is 0 Å². The van der Waals surface area contributed by atoms with E-state index in [9.17, 15) is 4.79 Å². The summed E-state index contributed by atoms with van der Waals surface area (Å²) < 4.78 is 0. The van der Waals surface area contributed by atoms with E-state index in [2.05, 4.69) is 26.7 Å². The van der Waals surface area contributed by atoms with Gasteiger partial charge in [0, 0.05) is 24.5 Å². The fourth-order valence-electron chi connectivity index (χ4n) is 3.60. The SMILES string of the molecule is O=C(NCc1ccccn1)c1ccc(CNC2CCCc3cccnc32)cc1. The zero-order chi connectivity index (χ0) is 19.2. The largest absolute Gasteiger partial charge is 0.346 e. The Morgan fingerprint density at radius 1 is 0.964 bits per heavy atom. The first-order valence-electron chi connectivity index (χ1n) is 9.74. The van der Waals surface area contributed by atoms with Crippen molar-refractivity contribution in [3.63, 3.8) is 0 Å². The Morgan fingerprint density at radius 2 is 1.82 bits per heavy atom. The second-order valence-electron chi connectivity index (χ2n) is 7.07. The molecular formula is C23H24N4O. The molecule has 0 aliphatic heterocycles. The van der Waals surface area contributed by atoms with Gasteiger partial charge in [0.2, 0.25) is 0 Å². The minimum Gasteiger partial charge on any atom is -0.346 e. The van der Waals surface area contributed by atoms with Gasteiger partial charge < -0.3 is 10.6 Å². The van der Waals surface area contributed by atoms with Crippen molar-refractivity contribution in [2.45, 2.75) is 38.4 Å². The fraction of sp³-hybridized carbons (Fsp3) is 0.261. The van der Waals surface area contributed by atoms with Crippen LogP contribution < -0.4 is 10.6 Å². The molecule has 2 aromatic heterocycles. The molecule has 142 valence electrons. The number of hydrogen-bond donors (Lipinski definition) is 2. The van der Waals surface area contributed by atoms with Gasteiger partial charge in [-0.05, 0) is 60.7 Å². The molecule has 2 N–H and O–H groups in total. The van der Waals surface area contributed by atoms with Gasteiger partial charge >= 0.3 is 0 Å². The lowest BCUT2D eigenvalue weighted by Crippen LogP contribution is -2.26. The first-order chi connectivity index (χ1) is 13.8. The van der Waals surface area contributed by atoms with Gasteiger partial charge in [0.1, 0.15) is 0 Å². The van der Waals surface area contributed by atoms with E-state index in [0.717, 1.165) is 30.6 Å². The van der Waals surface area contributed by atoms with E-state index in [0.29, 0.717) is 18.2 Å². The quantitative estimate of drug-likeness (QED) is 0.694. The highest BCUT2D eigenvalue weighted by molar-refractivity contribution is 5.94. The Hall–Kier alpha value is -3.05. The van der Waals surface area contributed by atoms with E-state index in [-0.39, 0.29) is 5.91 Å². The van der Waals surface area contributed by atoms with Crippen molar-refractivity contribution in [1.82, 2.24) is 20.6 Å². The van der Waals surface area contributed by atoms with Crippen molar-refractivity contribution in [2.24, 2.45) is 0 Å². The van der Waals surface area contributed by atoms with Crippen LogP contribution in [0.4, 0.5) is 0 Å². The van der Waals surface area contributed by atoms with Crippen molar-refractivity contribution in [3.8, 4) is 0 Å². The standard InChI is InChI=1S/C23H24N4O/c28-23(27-16-20-7-1-2-13-24-20)19-11-9-17(10-12-19)15-26-21-8-3-5-18-6-4-14-25-22(18)21/h1-2,4,6-7,9-14,21,26H,3,5,8,15-16H2,(H,27,28). The Balaban J connectivity index is 1.32. The number of carbonyl (C=O) groups is 1. The number of rotatable bonds is 6. The molecule has 28 heavy (non-hydrogen) atoms. The molecule has 5 nitrogen and oxygen atoms in total. The third-order valence-corrected chi connectivity index (χ3v) is 5.12. The van der Waals surface area contributed by atoms with Crippen molar-refractivity contribution >= 4 is 5.91 Å². The number of carbonyl (C=O) groups excluding carboxylic acids is 1. The highest BCUT2D eigenvalue weighted by atomic mass is 16.1. The van der Waals surface area contributed by atoms with Crippen LogP contribution in [-0.4, -0.2) is 15.9 Å². The maximum Gasteiger partial charge on any atom is 0.251 e. The summed E-state index contributed by atoms with van der Waals surface area (Å²) >= 11 is 0. The second kappa shape index (κ2) is 8.76. The summed E-state index contributed by atoms with van der Waals surface area (Å²) in [7, 11) is 0. The number of fused-ring (bicyclic) bond motifs is 1. The highest BCUT2D eigenvalue weighted by Crippen LogP contribution is 2.27. The fourth-order valence-corrected chi connectivity index (χ4v) is 3.60. The summed E-state index contributed by atoms with van der Waals surface area (Å²) in [6.45, 7) is 1.19.